The smallest absolute Gasteiger partial charge is 0.256 e. The summed E-state index contributed by atoms with van der Waals surface area (Å²) >= 11 is 0. The van der Waals surface area contributed by atoms with Crippen LogP contribution in [0.2, 0.25) is 0 Å². The molecule has 4 heterocycles. The molecule has 2 saturated carbocycles. The fourth-order valence-electron chi connectivity index (χ4n) is 10.8. The minimum Gasteiger partial charge on any atom is -0.375 e. The Labute approximate surface area is 435 Å². The number of rotatable bonds is 15. The van der Waals surface area contributed by atoms with Gasteiger partial charge >= 0.3 is 0 Å². The third-order valence-electron chi connectivity index (χ3n) is 15.3. The number of carbonyl (C=O) groups is 6. The largest absolute Gasteiger partial charge is 0.375 e. The van der Waals surface area contributed by atoms with Crippen molar-refractivity contribution in [2.45, 2.75) is 115 Å². The molecule has 2 aliphatic carbocycles. The molecule has 9 rings (SSSR count). The molecular formula is C57H76F2N8O7. The zero-order valence-electron chi connectivity index (χ0n) is 43.6. The molecule has 6 fully saturated rings. The fourth-order valence-corrected chi connectivity index (χ4v) is 10.8. The van der Waals surface area contributed by atoms with Crippen LogP contribution in [0.5, 0.6) is 0 Å². The number of hydrazone groups is 1. The molecule has 4 saturated heterocycles. The number of carbonyl (C=O) groups excluding carboxylic acids is 6. The predicted molar refractivity (Wildman–Crippen MR) is 280 cm³/mol. The molecule has 0 spiro atoms. The Hall–Kier alpha value is -6.07. The van der Waals surface area contributed by atoms with Crippen molar-refractivity contribution >= 4 is 41.5 Å². The molecule has 0 atom stereocenters. The van der Waals surface area contributed by atoms with E-state index in [4.69, 9.17) is 10.5 Å². The van der Waals surface area contributed by atoms with Gasteiger partial charge in [0.05, 0.1) is 35.6 Å². The number of aldehydes is 1. The molecule has 0 radical (unpaired) electrons. The highest BCUT2D eigenvalue weighted by molar-refractivity contribution is 6.07. The van der Waals surface area contributed by atoms with Gasteiger partial charge in [-0.15, -0.1) is 0 Å². The van der Waals surface area contributed by atoms with Crippen molar-refractivity contribution in [1.82, 2.24) is 29.9 Å². The Morgan fingerprint density at radius 3 is 1.93 bits per heavy atom. The van der Waals surface area contributed by atoms with Gasteiger partial charge in [0.25, 0.3) is 11.8 Å². The van der Waals surface area contributed by atoms with Crippen LogP contribution in [0.15, 0.2) is 65.8 Å². The van der Waals surface area contributed by atoms with Crippen LogP contribution in [0.3, 0.4) is 0 Å². The van der Waals surface area contributed by atoms with Gasteiger partial charge in [-0.3, -0.25) is 33.7 Å². The van der Waals surface area contributed by atoms with Gasteiger partial charge in [-0.1, -0.05) is 69.5 Å². The van der Waals surface area contributed by atoms with Crippen LogP contribution in [0.4, 0.5) is 8.78 Å². The standard InChI is InChI=1S/C41H55FN6O5.C14H15FN2O2.C2H6/c1-43-44-38(35-10-6-5-9-32(35)29-49)26-31-11-12-37(42)36(25-31)41(52)48-23-21-47(22-24-48)40(51)28-45-17-13-33(14-18-45)53-34-15-19-46(20-16-34)39(50)27-30-7-3-2-4-8-30;15-12-4-3-9(5-11(12)13(16)18)10-6-17(7-10)14(19)8-1-2-8;1-2/h5-6,9-12,25,29-30,33-34,43H,2-4,7-8,13-24,26-28H2,1H3;3-5,8,10H,1-2,6-7H2,(H2,16,18);1-2H3/b44-38-;;. The van der Waals surface area contributed by atoms with Crippen molar-refractivity contribution in [3.05, 3.63) is 106 Å². The van der Waals surface area contributed by atoms with Gasteiger partial charge < -0.3 is 35.5 Å². The number of amides is 5. The highest BCUT2D eigenvalue weighted by Crippen LogP contribution is 2.36. The SMILES string of the molecule is CC.CN/N=C(/Cc1ccc(F)c(C(=O)N2CCN(C(=O)CN3CCC(OC4CCN(C(=O)CC5CCCCC5)CC4)CC3)CC2)c1)c1ccccc1C=O.NC(=O)c1cc(C2CN(C(=O)C3CC3)C2)ccc1F. The molecule has 3 aromatic rings. The number of nitrogens with two attached hydrogens (primary N) is 1. The molecule has 3 N–H and O–H groups in total. The summed E-state index contributed by atoms with van der Waals surface area (Å²) in [6.45, 7) is 10.3. The normalized spacial score (nSPS) is 19.3. The van der Waals surface area contributed by atoms with E-state index in [9.17, 15) is 33.2 Å². The number of piperazine rings is 1. The van der Waals surface area contributed by atoms with E-state index < -0.39 is 23.4 Å². The van der Waals surface area contributed by atoms with Crippen LogP contribution in [0.25, 0.3) is 0 Å². The zero-order chi connectivity index (χ0) is 52.7. The quantitative estimate of drug-likeness (QED) is 0.0940. The molecule has 3 aromatic carbocycles. The van der Waals surface area contributed by atoms with Gasteiger partial charge in [-0.2, -0.15) is 5.10 Å². The minimum atomic E-state index is -0.760. The van der Waals surface area contributed by atoms with E-state index in [1.54, 1.807) is 47.2 Å². The van der Waals surface area contributed by atoms with Crippen LogP contribution in [-0.4, -0.2) is 157 Å². The number of ether oxygens (including phenoxy) is 1. The number of hydrogen-bond acceptors (Lipinski definition) is 10. The third kappa shape index (κ3) is 14.8. The lowest BCUT2D eigenvalue weighted by atomic mass is 9.86. The first-order chi connectivity index (χ1) is 35.9. The van der Waals surface area contributed by atoms with Crippen LogP contribution in [0, 0.1) is 23.5 Å². The second-order valence-corrected chi connectivity index (χ2v) is 20.4. The maximum Gasteiger partial charge on any atom is 0.256 e. The number of likely N-dealkylation sites (tertiary alicyclic amines) is 3. The summed E-state index contributed by atoms with van der Waals surface area (Å²) < 4.78 is 34.9. The Kier molecular flexibility index (Phi) is 20.3. The minimum absolute atomic E-state index is 0.0199. The van der Waals surface area contributed by atoms with E-state index in [1.165, 1.54) is 50.3 Å². The van der Waals surface area contributed by atoms with E-state index in [0.717, 1.165) is 76.6 Å². The van der Waals surface area contributed by atoms with Crippen LogP contribution in [0.1, 0.15) is 145 Å². The maximum atomic E-state index is 15.0. The van der Waals surface area contributed by atoms with Crippen LogP contribution >= 0.6 is 0 Å². The van der Waals surface area contributed by atoms with Gasteiger partial charge in [0, 0.05) is 108 Å². The van der Waals surface area contributed by atoms with Gasteiger partial charge in [0.1, 0.15) is 11.6 Å². The molecule has 6 aliphatic rings. The Morgan fingerprint density at radius 1 is 0.689 bits per heavy atom. The highest BCUT2D eigenvalue weighted by atomic mass is 19.1. The number of primary amides is 1. The lowest BCUT2D eigenvalue weighted by molar-refractivity contribution is -0.138. The Balaban J connectivity index is 0.000000316. The van der Waals surface area contributed by atoms with Crippen molar-refractivity contribution in [3.63, 3.8) is 0 Å². The van der Waals surface area contributed by atoms with Crippen molar-refractivity contribution in [1.29, 1.82) is 0 Å². The Morgan fingerprint density at radius 2 is 1.30 bits per heavy atom. The molecule has 400 valence electrons. The molecule has 0 unspecified atom stereocenters. The van der Waals surface area contributed by atoms with E-state index >= 15 is 4.39 Å². The van der Waals surface area contributed by atoms with E-state index in [2.05, 4.69) is 15.4 Å². The molecule has 0 bridgehead atoms. The van der Waals surface area contributed by atoms with E-state index in [1.807, 2.05) is 35.8 Å². The second-order valence-electron chi connectivity index (χ2n) is 20.4. The number of nitrogens with one attached hydrogen (secondary N) is 1. The highest BCUT2D eigenvalue weighted by Gasteiger charge is 2.40. The summed E-state index contributed by atoms with van der Waals surface area (Å²) in [7, 11) is 1.67. The molecule has 15 nitrogen and oxygen atoms in total. The number of nitrogens with zero attached hydrogens (tertiary/aromatic N) is 6. The Bertz CT molecular complexity index is 2450. The predicted octanol–water partition coefficient (Wildman–Crippen LogP) is 6.82. The maximum absolute atomic E-state index is 15.0. The first-order valence-corrected chi connectivity index (χ1v) is 27.0. The average molecular weight is 1020 g/mol. The van der Waals surface area contributed by atoms with E-state index in [-0.39, 0.29) is 47.0 Å². The van der Waals surface area contributed by atoms with Crippen LogP contribution in [-0.2, 0) is 25.5 Å². The summed E-state index contributed by atoms with van der Waals surface area (Å²) in [5, 5.41) is 4.36. The van der Waals surface area contributed by atoms with Crippen molar-refractivity contribution in [3.8, 4) is 0 Å². The lowest BCUT2D eigenvalue weighted by Crippen LogP contribution is -2.53. The number of benzene rings is 3. The summed E-state index contributed by atoms with van der Waals surface area (Å²) in [5.74, 6) is -0.785. The van der Waals surface area contributed by atoms with Gasteiger partial charge in [-0.05, 0) is 92.7 Å². The molecule has 74 heavy (non-hydrogen) atoms. The van der Waals surface area contributed by atoms with Gasteiger partial charge in [0.2, 0.25) is 17.7 Å². The third-order valence-corrected chi connectivity index (χ3v) is 15.3. The zero-order valence-corrected chi connectivity index (χ0v) is 43.6. The summed E-state index contributed by atoms with van der Waals surface area (Å²) in [5.41, 5.74) is 11.1. The second kappa shape index (κ2) is 26.9. The summed E-state index contributed by atoms with van der Waals surface area (Å²) in [4.78, 5) is 83.6. The average Bonchev–Trinajstić information content (AvgIpc) is 4.27. The van der Waals surface area contributed by atoms with Crippen molar-refractivity contribution < 1.29 is 42.3 Å². The van der Waals surface area contributed by atoms with Crippen LogP contribution < -0.4 is 11.2 Å². The fraction of sp³-hybridized carbons (Fsp3) is 0.561. The van der Waals surface area contributed by atoms with E-state index in [0.29, 0.717) is 92.9 Å². The summed E-state index contributed by atoms with van der Waals surface area (Å²) in [6, 6.07) is 16.0. The molecular weight excluding hydrogens is 947 g/mol. The topological polar surface area (TPSA) is 178 Å². The number of hydrogen-bond donors (Lipinski definition) is 2. The number of halogens is 2. The lowest BCUT2D eigenvalue weighted by Gasteiger charge is -2.40. The molecule has 4 aliphatic heterocycles. The monoisotopic (exact) mass is 1020 g/mol. The first-order valence-electron chi connectivity index (χ1n) is 27.0. The van der Waals surface area contributed by atoms with Gasteiger partial charge in [0.15, 0.2) is 6.29 Å². The molecule has 5 amide bonds. The number of piperidine rings is 2. The first kappa shape index (κ1) is 55.7. The van der Waals surface area contributed by atoms with Crippen molar-refractivity contribution in [2.75, 3.05) is 79.0 Å². The molecule has 0 aromatic heterocycles. The van der Waals surface area contributed by atoms with Gasteiger partial charge in [-0.25, -0.2) is 8.78 Å². The van der Waals surface area contributed by atoms with Crippen molar-refractivity contribution in [2.24, 2.45) is 22.7 Å². The molecule has 17 heteroatoms. The summed E-state index contributed by atoms with van der Waals surface area (Å²) in [6.07, 6.45) is 13.9.